The highest BCUT2D eigenvalue weighted by Crippen LogP contribution is 2.31. The molecule has 0 bridgehead atoms. The van der Waals surface area contributed by atoms with Gasteiger partial charge in [-0.1, -0.05) is 60.7 Å². The van der Waals surface area contributed by atoms with Gasteiger partial charge in [-0.3, -0.25) is 14.3 Å². The first-order valence-electron chi connectivity index (χ1n) is 13.2. The number of aryl methyl sites for hydroxylation is 1. The average molecular weight is 545 g/mol. The molecule has 3 aromatic carbocycles. The normalized spacial score (nSPS) is 18.5. The van der Waals surface area contributed by atoms with Crippen molar-refractivity contribution in [2.24, 2.45) is 0 Å². The van der Waals surface area contributed by atoms with Crippen LogP contribution in [0.25, 0.3) is 0 Å². The monoisotopic (exact) mass is 544 g/mol. The molecule has 40 heavy (non-hydrogen) atoms. The van der Waals surface area contributed by atoms with E-state index in [9.17, 15) is 14.7 Å². The molecule has 0 aliphatic carbocycles. The molecule has 0 unspecified atom stereocenters. The molecule has 2 heterocycles. The smallest absolute Gasteiger partial charge is 0.330 e. The Hall–Kier alpha value is -4.18. The van der Waals surface area contributed by atoms with Gasteiger partial charge in [-0.05, 0) is 35.7 Å². The van der Waals surface area contributed by atoms with E-state index in [1.165, 1.54) is 10.8 Å². The van der Waals surface area contributed by atoms with E-state index in [-0.39, 0.29) is 13.2 Å². The molecule has 1 saturated heterocycles. The summed E-state index contributed by atoms with van der Waals surface area (Å²) in [6, 6.07) is 25.4. The molecule has 5 rings (SSSR count). The Morgan fingerprint density at radius 2 is 1.48 bits per heavy atom. The fraction of sp³-hybridized carbons (Fsp3) is 0.290. The predicted octanol–water partition coefficient (Wildman–Crippen LogP) is 3.87. The molecule has 9 heteroatoms. The Morgan fingerprint density at radius 3 is 2.05 bits per heavy atom. The van der Waals surface area contributed by atoms with Crippen LogP contribution in [0.2, 0.25) is 0 Å². The second-order valence-electron chi connectivity index (χ2n) is 9.74. The average Bonchev–Trinajstić information content (AvgIpc) is 3.40. The van der Waals surface area contributed by atoms with Gasteiger partial charge in [-0.15, -0.1) is 0 Å². The first-order chi connectivity index (χ1) is 19.5. The van der Waals surface area contributed by atoms with Crippen molar-refractivity contribution in [1.29, 1.82) is 0 Å². The zero-order chi connectivity index (χ0) is 27.9. The zero-order valence-electron chi connectivity index (χ0n) is 22.2. The van der Waals surface area contributed by atoms with Crippen molar-refractivity contribution in [3.63, 3.8) is 0 Å². The highest BCUT2D eigenvalue weighted by Gasteiger charge is 2.37. The molecule has 9 nitrogen and oxygen atoms in total. The van der Waals surface area contributed by atoms with E-state index in [4.69, 9.17) is 18.9 Å². The Morgan fingerprint density at radius 1 is 0.875 bits per heavy atom. The van der Waals surface area contributed by atoms with Crippen molar-refractivity contribution in [2.45, 2.75) is 51.6 Å². The van der Waals surface area contributed by atoms with Crippen molar-refractivity contribution in [3.05, 3.63) is 128 Å². The third-order valence-corrected chi connectivity index (χ3v) is 6.72. The summed E-state index contributed by atoms with van der Waals surface area (Å²) < 4.78 is 25.6. The van der Waals surface area contributed by atoms with E-state index in [0.29, 0.717) is 36.7 Å². The summed E-state index contributed by atoms with van der Waals surface area (Å²) in [7, 11) is 0. The lowest BCUT2D eigenvalue weighted by atomic mass is 10.1. The number of ether oxygens (including phenoxy) is 4. The fourth-order valence-electron chi connectivity index (χ4n) is 4.58. The van der Waals surface area contributed by atoms with Crippen LogP contribution in [0.15, 0.2) is 94.6 Å². The van der Waals surface area contributed by atoms with Gasteiger partial charge in [0.1, 0.15) is 37.0 Å². The quantitative estimate of drug-likeness (QED) is 0.295. The topological polar surface area (TPSA) is 112 Å². The van der Waals surface area contributed by atoms with Gasteiger partial charge in [-0.2, -0.15) is 0 Å². The van der Waals surface area contributed by atoms with E-state index >= 15 is 0 Å². The maximum Gasteiger partial charge on any atom is 0.330 e. The van der Waals surface area contributed by atoms with Gasteiger partial charge >= 0.3 is 5.69 Å². The highest BCUT2D eigenvalue weighted by molar-refractivity contribution is 5.38. The zero-order valence-corrected chi connectivity index (χ0v) is 22.2. The molecule has 0 saturated carbocycles. The van der Waals surface area contributed by atoms with Gasteiger partial charge in [0, 0.05) is 24.2 Å². The number of benzene rings is 3. The van der Waals surface area contributed by atoms with Crippen LogP contribution in [-0.4, -0.2) is 33.5 Å². The number of aliphatic hydroxyl groups excluding tert-OH is 1. The molecule has 0 spiro atoms. The summed E-state index contributed by atoms with van der Waals surface area (Å²) in [5, 5.41) is 9.92. The van der Waals surface area contributed by atoms with Crippen LogP contribution >= 0.6 is 0 Å². The van der Waals surface area contributed by atoms with Crippen LogP contribution in [0.1, 0.15) is 34.9 Å². The molecule has 1 fully saturated rings. The van der Waals surface area contributed by atoms with Gasteiger partial charge < -0.3 is 24.1 Å². The predicted molar refractivity (Wildman–Crippen MR) is 148 cm³/mol. The first-order valence-corrected chi connectivity index (χ1v) is 13.2. The minimum Gasteiger partial charge on any atom is -0.489 e. The molecule has 4 aromatic rings. The van der Waals surface area contributed by atoms with E-state index < -0.39 is 29.7 Å². The lowest BCUT2D eigenvalue weighted by Crippen LogP contribution is -2.33. The van der Waals surface area contributed by atoms with Crippen LogP contribution in [0, 0.1) is 6.92 Å². The number of nitrogens with one attached hydrogen (secondary N) is 1. The maximum absolute atomic E-state index is 12.4. The van der Waals surface area contributed by atoms with Crippen molar-refractivity contribution in [3.8, 4) is 11.5 Å². The van der Waals surface area contributed by atoms with Gasteiger partial charge in [0.2, 0.25) is 0 Å². The maximum atomic E-state index is 12.4. The number of hydrogen-bond acceptors (Lipinski definition) is 7. The molecule has 0 amide bonds. The summed E-state index contributed by atoms with van der Waals surface area (Å²) in [6.45, 7) is 2.36. The van der Waals surface area contributed by atoms with Crippen LogP contribution in [0.5, 0.6) is 11.5 Å². The van der Waals surface area contributed by atoms with Crippen LogP contribution in [0.3, 0.4) is 0 Å². The van der Waals surface area contributed by atoms with Gasteiger partial charge in [0.25, 0.3) is 5.56 Å². The number of H-pyrrole nitrogens is 1. The van der Waals surface area contributed by atoms with Crippen molar-refractivity contribution in [1.82, 2.24) is 9.55 Å². The van der Waals surface area contributed by atoms with E-state index in [2.05, 4.69) is 4.98 Å². The van der Waals surface area contributed by atoms with E-state index in [1.807, 2.05) is 78.9 Å². The summed E-state index contributed by atoms with van der Waals surface area (Å²) in [4.78, 5) is 26.4. The van der Waals surface area contributed by atoms with Gasteiger partial charge in [0.15, 0.2) is 0 Å². The minimum absolute atomic E-state index is 0.209. The number of aromatic amines is 1. The summed E-state index contributed by atoms with van der Waals surface area (Å²) in [5.74, 6) is 1.28. The molecular weight excluding hydrogens is 512 g/mol. The SMILES string of the molecule is Cc1cn([C@H]2C[C@H](OCc3cc(OCc4ccccc4)cc(OCc4ccccc4)c3)[C@@H](CO)O2)c(=O)[nH]c1=O. The second kappa shape index (κ2) is 12.8. The number of aromatic nitrogens is 2. The molecule has 0 radical (unpaired) electrons. The lowest BCUT2D eigenvalue weighted by Gasteiger charge is -2.18. The molecular formula is C31H32N2O7. The standard InChI is InChI=1S/C31H32N2O7/c1-21-16-33(31(36)32-30(21)35)29-15-27(28(17-34)40-29)39-20-24-12-25(37-18-22-8-4-2-5-9-22)14-26(13-24)38-19-23-10-6-3-7-11-23/h2-14,16,27-29,34H,15,17-20H2,1H3,(H,32,35,36)/t27-,28+,29+/m0/s1. The lowest BCUT2D eigenvalue weighted by molar-refractivity contribution is -0.0658. The van der Waals surface area contributed by atoms with Crippen molar-refractivity contribution < 1.29 is 24.1 Å². The first kappa shape index (κ1) is 27.4. The number of nitrogens with zero attached hydrogens (tertiary/aromatic N) is 1. The van der Waals surface area contributed by atoms with Crippen molar-refractivity contribution in [2.75, 3.05) is 6.61 Å². The van der Waals surface area contributed by atoms with Gasteiger partial charge in [-0.25, -0.2) is 4.79 Å². The Bertz CT molecular complexity index is 1460. The van der Waals surface area contributed by atoms with Crippen LogP contribution in [0.4, 0.5) is 0 Å². The van der Waals surface area contributed by atoms with Gasteiger partial charge in [0.05, 0.1) is 19.3 Å². The molecule has 1 aromatic heterocycles. The highest BCUT2D eigenvalue weighted by atomic mass is 16.6. The fourth-order valence-corrected chi connectivity index (χ4v) is 4.58. The summed E-state index contributed by atoms with van der Waals surface area (Å²) in [5.41, 5.74) is 2.30. The largest absolute Gasteiger partial charge is 0.489 e. The minimum atomic E-state index is -0.671. The summed E-state index contributed by atoms with van der Waals surface area (Å²) in [6.07, 6.45) is 0.0211. The van der Waals surface area contributed by atoms with Crippen LogP contribution in [-0.2, 0) is 29.3 Å². The molecule has 208 valence electrons. The second-order valence-corrected chi connectivity index (χ2v) is 9.74. The number of hydrogen-bond donors (Lipinski definition) is 2. The Kier molecular flexibility index (Phi) is 8.75. The third kappa shape index (κ3) is 6.87. The number of aliphatic hydroxyl groups is 1. The van der Waals surface area contributed by atoms with E-state index in [0.717, 1.165) is 16.7 Å². The van der Waals surface area contributed by atoms with Crippen LogP contribution < -0.4 is 20.7 Å². The van der Waals surface area contributed by atoms with Crippen molar-refractivity contribution >= 4 is 0 Å². The number of rotatable bonds is 11. The molecule has 1 aliphatic rings. The Labute approximate surface area is 231 Å². The summed E-state index contributed by atoms with van der Waals surface area (Å²) >= 11 is 0. The third-order valence-electron chi connectivity index (χ3n) is 6.72. The molecule has 2 N–H and O–H groups in total. The Balaban J connectivity index is 1.30. The molecule has 3 atom stereocenters. The van der Waals surface area contributed by atoms with E-state index in [1.54, 1.807) is 6.92 Å². The molecule has 1 aliphatic heterocycles.